The van der Waals surface area contributed by atoms with Crippen LogP contribution >= 0.6 is 0 Å². The van der Waals surface area contributed by atoms with Gasteiger partial charge in [0.1, 0.15) is 0 Å². The van der Waals surface area contributed by atoms with Gasteiger partial charge < -0.3 is 24.3 Å². The number of ether oxygens (including phenoxy) is 4. The third-order valence-electron chi connectivity index (χ3n) is 4.08. The molecule has 0 aliphatic heterocycles. The first kappa shape index (κ1) is 23.1. The average Bonchev–Trinajstić information content (AvgIpc) is 2.70. The highest BCUT2D eigenvalue weighted by Crippen LogP contribution is 2.39. The largest absolute Gasteiger partial charge is 0.490 e. The zero-order valence-electron chi connectivity index (χ0n) is 18.1. The number of esters is 1. The third-order valence-corrected chi connectivity index (χ3v) is 4.08. The van der Waals surface area contributed by atoms with E-state index in [1.807, 2.05) is 45.9 Å². The van der Waals surface area contributed by atoms with Gasteiger partial charge in [-0.2, -0.15) is 0 Å². The van der Waals surface area contributed by atoms with Gasteiger partial charge in [-0.25, -0.2) is 4.79 Å². The molecule has 7 heteroatoms. The Morgan fingerprint density at radius 2 is 1.53 bits per heavy atom. The van der Waals surface area contributed by atoms with Crippen molar-refractivity contribution in [2.45, 2.75) is 40.7 Å². The molecule has 7 nitrogen and oxygen atoms in total. The van der Waals surface area contributed by atoms with E-state index < -0.39 is 18.0 Å². The summed E-state index contributed by atoms with van der Waals surface area (Å²) in [5.74, 6) is 0.119. The van der Waals surface area contributed by atoms with Gasteiger partial charge in [0.15, 0.2) is 17.6 Å². The van der Waals surface area contributed by atoms with E-state index in [1.165, 1.54) is 19.1 Å². The number of rotatable bonds is 10. The van der Waals surface area contributed by atoms with Gasteiger partial charge in [-0.3, -0.25) is 4.79 Å². The molecule has 0 radical (unpaired) electrons. The number of benzene rings is 2. The van der Waals surface area contributed by atoms with E-state index >= 15 is 0 Å². The lowest BCUT2D eigenvalue weighted by molar-refractivity contribution is -0.123. The summed E-state index contributed by atoms with van der Waals surface area (Å²) in [5.41, 5.74) is 1.86. The van der Waals surface area contributed by atoms with Crippen molar-refractivity contribution in [3.05, 3.63) is 47.5 Å². The first-order chi connectivity index (χ1) is 14.4. The SMILES string of the molecule is CCOc1cc(C(=O)O[C@H](C)C(=O)Nc2cccc(C)c2)cc(OCC)c1OCC. The van der Waals surface area contributed by atoms with E-state index in [0.717, 1.165) is 5.56 Å². The van der Waals surface area contributed by atoms with Crippen LogP contribution in [0.1, 0.15) is 43.6 Å². The first-order valence-electron chi connectivity index (χ1n) is 10.0. The van der Waals surface area contributed by atoms with E-state index in [-0.39, 0.29) is 5.56 Å². The number of carbonyl (C=O) groups excluding carboxylic acids is 2. The molecule has 30 heavy (non-hydrogen) atoms. The lowest BCUT2D eigenvalue weighted by Gasteiger charge is -2.18. The predicted octanol–water partition coefficient (Wildman–Crippen LogP) is 4.38. The van der Waals surface area contributed by atoms with Crippen molar-refractivity contribution in [3.63, 3.8) is 0 Å². The maximum absolute atomic E-state index is 12.7. The molecule has 1 amide bonds. The molecular weight excluding hydrogens is 386 g/mol. The molecule has 0 aromatic heterocycles. The first-order valence-corrected chi connectivity index (χ1v) is 10.0. The summed E-state index contributed by atoms with van der Waals surface area (Å²) < 4.78 is 22.2. The smallest absolute Gasteiger partial charge is 0.339 e. The molecule has 2 rings (SSSR count). The number of nitrogens with one attached hydrogen (secondary N) is 1. The molecule has 0 aliphatic carbocycles. The summed E-state index contributed by atoms with van der Waals surface area (Å²) in [6, 6.07) is 10.4. The van der Waals surface area contributed by atoms with E-state index in [4.69, 9.17) is 18.9 Å². The molecule has 2 aromatic carbocycles. The topological polar surface area (TPSA) is 83.1 Å². The van der Waals surface area contributed by atoms with Crippen LogP contribution in [0.2, 0.25) is 0 Å². The Morgan fingerprint density at radius 3 is 2.07 bits per heavy atom. The second-order valence-corrected chi connectivity index (χ2v) is 6.51. The number of anilines is 1. The van der Waals surface area contributed by atoms with E-state index in [9.17, 15) is 9.59 Å². The fraction of sp³-hybridized carbons (Fsp3) is 0.391. The quantitative estimate of drug-likeness (QED) is 0.580. The van der Waals surface area contributed by atoms with Crippen molar-refractivity contribution in [1.29, 1.82) is 0 Å². The minimum absolute atomic E-state index is 0.209. The van der Waals surface area contributed by atoms with Gasteiger partial charge >= 0.3 is 5.97 Å². The molecule has 0 saturated heterocycles. The molecule has 0 spiro atoms. The van der Waals surface area contributed by atoms with Crippen LogP contribution in [-0.2, 0) is 9.53 Å². The molecule has 0 heterocycles. The molecule has 0 bridgehead atoms. The average molecular weight is 415 g/mol. The summed E-state index contributed by atoms with van der Waals surface area (Å²) in [5, 5.41) is 2.74. The number of carbonyl (C=O) groups is 2. The molecule has 0 fully saturated rings. The lowest BCUT2D eigenvalue weighted by Crippen LogP contribution is -2.30. The monoisotopic (exact) mass is 415 g/mol. The van der Waals surface area contributed by atoms with Gasteiger partial charge in [-0.1, -0.05) is 12.1 Å². The Morgan fingerprint density at radius 1 is 0.933 bits per heavy atom. The van der Waals surface area contributed by atoms with Gasteiger partial charge in [0.2, 0.25) is 5.75 Å². The van der Waals surface area contributed by atoms with Crippen LogP contribution in [0, 0.1) is 6.92 Å². The Labute approximate surface area is 177 Å². The summed E-state index contributed by atoms with van der Waals surface area (Å²) in [6.07, 6.45) is -0.990. The molecule has 2 aromatic rings. The standard InChI is InChI=1S/C23H29NO6/c1-6-27-19-13-17(14-20(28-7-2)21(19)29-8-3)23(26)30-16(5)22(25)24-18-11-9-10-15(4)12-18/h9-14,16H,6-8H2,1-5H3,(H,24,25)/t16-/m1/s1. The molecular formula is C23H29NO6. The lowest BCUT2D eigenvalue weighted by atomic mass is 10.1. The number of aryl methyl sites for hydroxylation is 1. The van der Waals surface area contributed by atoms with Crippen LogP contribution < -0.4 is 19.5 Å². The molecule has 1 atom stereocenters. The summed E-state index contributed by atoms with van der Waals surface area (Å²) >= 11 is 0. The Bertz CT molecular complexity index is 853. The normalized spacial score (nSPS) is 11.4. The summed E-state index contributed by atoms with van der Waals surface area (Å²) in [4.78, 5) is 25.1. The van der Waals surface area contributed by atoms with Gasteiger partial charge in [-0.05, 0) is 64.4 Å². The molecule has 1 N–H and O–H groups in total. The second-order valence-electron chi connectivity index (χ2n) is 6.51. The van der Waals surface area contributed by atoms with Gasteiger partial charge in [0, 0.05) is 5.69 Å². The summed E-state index contributed by atoms with van der Waals surface area (Å²) in [7, 11) is 0. The van der Waals surface area contributed by atoms with Crippen molar-refractivity contribution in [3.8, 4) is 17.2 Å². The Balaban J connectivity index is 2.18. The second kappa shape index (κ2) is 11.1. The van der Waals surface area contributed by atoms with Crippen molar-refractivity contribution in [2.75, 3.05) is 25.1 Å². The van der Waals surface area contributed by atoms with Crippen molar-refractivity contribution in [2.24, 2.45) is 0 Å². The van der Waals surface area contributed by atoms with Crippen molar-refractivity contribution < 1.29 is 28.5 Å². The number of amides is 1. The van der Waals surface area contributed by atoms with E-state index in [2.05, 4.69) is 5.32 Å². The van der Waals surface area contributed by atoms with Crippen LogP contribution in [0.15, 0.2) is 36.4 Å². The maximum atomic E-state index is 12.7. The zero-order chi connectivity index (χ0) is 22.1. The van der Waals surface area contributed by atoms with E-state index in [1.54, 1.807) is 6.07 Å². The maximum Gasteiger partial charge on any atom is 0.339 e. The van der Waals surface area contributed by atoms with Crippen LogP contribution in [0.4, 0.5) is 5.69 Å². The van der Waals surface area contributed by atoms with Crippen molar-refractivity contribution in [1.82, 2.24) is 0 Å². The fourth-order valence-electron chi connectivity index (χ4n) is 2.76. The van der Waals surface area contributed by atoms with Crippen molar-refractivity contribution >= 4 is 17.6 Å². The molecule has 0 saturated carbocycles. The zero-order valence-corrected chi connectivity index (χ0v) is 18.1. The van der Waals surface area contributed by atoms with Crippen LogP contribution in [0.25, 0.3) is 0 Å². The van der Waals surface area contributed by atoms with E-state index in [0.29, 0.717) is 42.8 Å². The molecule has 0 aliphatic rings. The van der Waals surface area contributed by atoms with Gasteiger partial charge in [-0.15, -0.1) is 0 Å². The summed E-state index contributed by atoms with van der Waals surface area (Å²) in [6.45, 7) is 10.2. The van der Waals surface area contributed by atoms with Crippen LogP contribution in [0.3, 0.4) is 0 Å². The Hall–Kier alpha value is -3.22. The highest BCUT2D eigenvalue weighted by molar-refractivity contribution is 5.97. The minimum atomic E-state index is -0.990. The Kier molecular flexibility index (Phi) is 8.53. The van der Waals surface area contributed by atoms with Gasteiger partial charge in [0.25, 0.3) is 5.91 Å². The van der Waals surface area contributed by atoms with Crippen LogP contribution in [0.5, 0.6) is 17.2 Å². The fourth-order valence-corrected chi connectivity index (χ4v) is 2.76. The number of hydrogen-bond acceptors (Lipinski definition) is 6. The highest BCUT2D eigenvalue weighted by atomic mass is 16.6. The van der Waals surface area contributed by atoms with Gasteiger partial charge in [0.05, 0.1) is 25.4 Å². The number of hydrogen-bond donors (Lipinski definition) is 1. The third kappa shape index (κ3) is 6.14. The van der Waals surface area contributed by atoms with Crippen LogP contribution in [-0.4, -0.2) is 37.8 Å². The predicted molar refractivity (Wildman–Crippen MR) is 115 cm³/mol. The minimum Gasteiger partial charge on any atom is -0.490 e. The molecule has 0 unspecified atom stereocenters. The molecule has 162 valence electrons. The highest BCUT2D eigenvalue weighted by Gasteiger charge is 2.23.